The van der Waals surface area contributed by atoms with Gasteiger partial charge in [0.15, 0.2) is 0 Å². The van der Waals surface area contributed by atoms with E-state index in [1.165, 1.54) is 92.6 Å². The molecule has 2 aliphatic heterocycles. The third-order valence-electron chi connectivity index (χ3n) is 18.4. The number of ether oxygens (including phenoxy) is 1. The van der Waals surface area contributed by atoms with Gasteiger partial charge in [0, 0.05) is 55.9 Å². The molecule has 11 amide bonds. The van der Waals surface area contributed by atoms with E-state index < -0.39 is 155 Å². The van der Waals surface area contributed by atoms with Crippen molar-refractivity contribution >= 4 is 65.0 Å². The summed E-state index contributed by atoms with van der Waals surface area (Å²) in [5.41, 5.74) is 0. The highest BCUT2D eigenvalue weighted by atomic mass is 16.5. The number of hydrogen-bond acceptors (Lipinski definition) is 14. The van der Waals surface area contributed by atoms with E-state index in [9.17, 15) is 29.1 Å². The van der Waals surface area contributed by atoms with Crippen LogP contribution in [0.2, 0.25) is 0 Å². The molecule has 5 N–H and O–H groups in total. The average molecular weight is 1330 g/mol. The number of likely N-dealkylation sites (N-methyl/N-ethyl adjacent to an activating group) is 7. The standard InChI is InChI=1S/C69H124N12O13/c1-25-27-30-46(15)58(82)57-62(86)72-49(26-2)64(88)78(22)54(39-94-34-33-81-31-28-29-32-81)67(91)74(18)51(36-41(5)6)61(85)73-55(44(11)12)68(92)75(19)50(35-40(3)4)60(84)70-47(16)59(83)71-48(17)63(87)76(20)52(37-42(7)8)65(89)77(21)53(38-43(9)10)66(90)79(23)56(45(13)14)69(93)80(57)24/h25,27,40-58,82H,26,28-39H2,1-24H3,(H,70,84)(H,71,83)(H,72,86)(H,73,85)/b27-25+/t46-,47+,48+,49+,50+,51+,52+,53+,54-,55+,56+,57+,58-/m1/s1. The molecule has 0 bridgehead atoms. The van der Waals surface area contributed by atoms with Crippen LogP contribution >= 0.6 is 0 Å². The van der Waals surface area contributed by atoms with E-state index in [2.05, 4.69) is 26.2 Å². The zero-order chi connectivity index (χ0) is 72.1. The predicted molar refractivity (Wildman–Crippen MR) is 364 cm³/mol. The van der Waals surface area contributed by atoms with Crippen molar-refractivity contribution in [3.63, 3.8) is 0 Å². The van der Waals surface area contributed by atoms with Crippen LogP contribution in [0, 0.1) is 41.4 Å². The maximum atomic E-state index is 15.4. The fourth-order valence-electron chi connectivity index (χ4n) is 12.4. The number of aliphatic hydroxyl groups excluding tert-OH is 1. The first-order valence-corrected chi connectivity index (χ1v) is 34.4. The molecule has 25 heteroatoms. The van der Waals surface area contributed by atoms with Gasteiger partial charge in [0.1, 0.15) is 66.5 Å². The molecule has 0 aromatic carbocycles. The monoisotopic (exact) mass is 1330 g/mol. The van der Waals surface area contributed by atoms with Gasteiger partial charge in [-0.15, -0.1) is 0 Å². The minimum atomic E-state index is -1.65. The summed E-state index contributed by atoms with van der Waals surface area (Å²) in [4.78, 5) is 175. The quantitative estimate of drug-likeness (QED) is 0.0858. The van der Waals surface area contributed by atoms with Gasteiger partial charge >= 0.3 is 0 Å². The highest BCUT2D eigenvalue weighted by Gasteiger charge is 2.46. The normalized spacial score (nSPS) is 27.3. The predicted octanol–water partition coefficient (Wildman–Crippen LogP) is 3.75. The number of allylic oxidation sites excluding steroid dienone is 2. The average Bonchev–Trinajstić information content (AvgIpc) is 0.858. The summed E-state index contributed by atoms with van der Waals surface area (Å²) in [6.07, 6.45) is 4.97. The molecule has 0 unspecified atom stereocenters. The zero-order valence-corrected chi connectivity index (χ0v) is 61.7. The summed E-state index contributed by atoms with van der Waals surface area (Å²) < 4.78 is 6.23. The van der Waals surface area contributed by atoms with E-state index in [4.69, 9.17) is 4.74 Å². The Balaban J connectivity index is 3.09. The van der Waals surface area contributed by atoms with Gasteiger partial charge in [-0.1, -0.05) is 109 Å². The number of amides is 11. The van der Waals surface area contributed by atoms with Crippen LogP contribution in [0.15, 0.2) is 12.2 Å². The Morgan fingerprint density at radius 1 is 0.468 bits per heavy atom. The van der Waals surface area contributed by atoms with Crippen LogP contribution in [0.5, 0.6) is 0 Å². The molecule has 25 nitrogen and oxygen atoms in total. The van der Waals surface area contributed by atoms with Gasteiger partial charge in [-0.2, -0.15) is 0 Å². The van der Waals surface area contributed by atoms with Gasteiger partial charge in [-0.3, -0.25) is 52.7 Å². The zero-order valence-electron chi connectivity index (χ0n) is 61.7. The maximum absolute atomic E-state index is 15.4. The summed E-state index contributed by atoms with van der Waals surface area (Å²) in [7, 11) is 10.0. The Hall–Kier alpha value is -6.21. The van der Waals surface area contributed by atoms with E-state index in [0.717, 1.165) is 30.8 Å². The van der Waals surface area contributed by atoms with Crippen molar-refractivity contribution in [3.8, 4) is 0 Å². The number of carbonyl (C=O) groups is 11. The van der Waals surface area contributed by atoms with Crippen LogP contribution in [-0.2, 0) is 57.5 Å². The van der Waals surface area contributed by atoms with E-state index in [0.29, 0.717) is 13.0 Å². The molecule has 0 aromatic heterocycles. The van der Waals surface area contributed by atoms with Crippen molar-refractivity contribution in [2.45, 2.75) is 242 Å². The van der Waals surface area contributed by atoms with Crippen molar-refractivity contribution in [1.29, 1.82) is 0 Å². The van der Waals surface area contributed by atoms with Gasteiger partial charge in [0.25, 0.3) is 0 Å². The fraction of sp³-hybridized carbons (Fsp3) is 0.812. The highest BCUT2D eigenvalue weighted by Crippen LogP contribution is 2.26. The summed E-state index contributed by atoms with van der Waals surface area (Å²) in [6, 6.07) is -14.0. The summed E-state index contributed by atoms with van der Waals surface area (Å²) >= 11 is 0. The summed E-state index contributed by atoms with van der Waals surface area (Å²) in [5, 5.41) is 23.5. The van der Waals surface area contributed by atoms with Crippen molar-refractivity contribution in [2.24, 2.45) is 41.4 Å². The molecule has 13 atom stereocenters. The van der Waals surface area contributed by atoms with Gasteiger partial charge in [0.05, 0.1) is 19.3 Å². The second-order valence-corrected chi connectivity index (χ2v) is 28.9. The lowest BCUT2D eigenvalue weighted by molar-refractivity contribution is -0.157. The maximum Gasteiger partial charge on any atom is 0.248 e. The smallest absolute Gasteiger partial charge is 0.248 e. The molecule has 94 heavy (non-hydrogen) atoms. The first kappa shape index (κ1) is 83.9. The van der Waals surface area contributed by atoms with E-state index in [1.54, 1.807) is 47.6 Å². The Kier molecular flexibility index (Phi) is 34.9. The number of hydrogen-bond donors (Lipinski definition) is 5. The number of nitrogens with zero attached hydrogens (tertiary/aromatic N) is 8. The molecule has 0 aliphatic carbocycles. The molecule has 0 spiro atoms. The number of rotatable bonds is 20. The molecule has 0 radical (unpaired) electrons. The fourth-order valence-corrected chi connectivity index (χ4v) is 12.4. The molecule has 0 saturated carbocycles. The minimum Gasteiger partial charge on any atom is -0.390 e. The van der Waals surface area contributed by atoms with Crippen LogP contribution in [0.25, 0.3) is 0 Å². The lowest BCUT2D eigenvalue weighted by Crippen LogP contribution is -2.64. The van der Waals surface area contributed by atoms with Crippen LogP contribution < -0.4 is 21.3 Å². The SMILES string of the molecule is C/C=C/C[C@@H](C)[C@@H](O)[C@H]1C(=O)N[C@@H](CC)C(=O)N(C)[C@H](COCCN2CCCC2)C(=O)N(C)[C@@H](CC(C)C)C(=O)N[C@@H](C(C)C)C(=O)N(C)[C@@H](CC(C)C)C(=O)N[C@@H](C)C(=O)N[C@@H](C)C(=O)N(C)[C@@H](CC(C)C)C(=O)N(C)[C@@H](CC(C)C)C(=O)N(C)[C@@H](C(C)C)C(=O)N1C. The number of aliphatic hydroxyl groups is 1. The molecule has 2 fully saturated rings. The number of carbonyl (C=O) groups excluding carboxylic acids is 11. The molecule has 2 saturated heterocycles. The van der Waals surface area contributed by atoms with Gasteiger partial charge in [-0.05, 0) is 127 Å². The van der Waals surface area contributed by atoms with E-state index in [1.807, 2.05) is 68.4 Å². The lowest BCUT2D eigenvalue weighted by atomic mass is 9.91. The van der Waals surface area contributed by atoms with Crippen molar-refractivity contribution in [1.82, 2.24) is 60.5 Å². The molecule has 2 heterocycles. The first-order chi connectivity index (χ1) is 43.7. The largest absolute Gasteiger partial charge is 0.390 e. The van der Waals surface area contributed by atoms with Crippen LogP contribution in [-0.4, -0.2) is 264 Å². The van der Waals surface area contributed by atoms with Gasteiger partial charge < -0.3 is 70.3 Å². The van der Waals surface area contributed by atoms with Crippen molar-refractivity contribution in [3.05, 3.63) is 12.2 Å². The highest BCUT2D eigenvalue weighted by molar-refractivity contribution is 6.00. The Bertz CT molecular complexity index is 2560. The second-order valence-electron chi connectivity index (χ2n) is 28.9. The first-order valence-electron chi connectivity index (χ1n) is 34.4. The van der Waals surface area contributed by atoms with Crippen LogP contribution in [0.1, 0.15) is 169 Å². The van der Waals surface area contributed by atoms with Crippen molar-refractivity contribution in [2.75, 3.05) is 82.2 Å². The van der Waals surface area contributed by atoms with Crippen LogP contribution in [0.3, 0.4) is 0 Å². The lowest BCUT2D eigenvalue weighted by Gasteiger charge is -2.41. The number of nitrogens with one attached hydrogen (secondary N) is 4. The minimum absolute atomic E-state index is 0.0163. The van der Waals surface area contributed by atoms with Crippen LogP contribution in [0.4, 0.5) is 0 Å². The molecule has 2 rings (SSSR count). The molecule has 538 valence electrons. The molecular weight excluding hydrogens is 1200 g/mol. The summed E-state index contributed by atoms with van der Waals surface area (Å²) in [5.74, 6) is -10.0. The Morgan fingerprint density at radius 3 is 1.35 bits per heavy atom. The van der Waals surface area contributed by atoms with Gasteiger partial charge in [0.2, 0.25) is 65.0 Å². The second kappa shape index (κ2) is 39.1. The third kappa shape index (κ3) is 23.6. The summed E-state index contributed by atoms with van der Waals surface area (Å²) in [6.45, 7) is 32.2. The van der Waals surface area contributed by atoms with Crippen molar-refractivity contribution < 1.29 is 62.6 Å². The van der Waals surface area contributed by atoms with E-state index in [-0.39, 0.29) is 69.0 Å². The number of likely N-dealkylation sites (tertiary alicyclic amines) is 1. The van der Waals surface area contributed by atoms with Gasteiger partial charge in [-0.25, -0.2) is 0 Å². The topological polar surface area (TPSA) is 291 Å². The molecular formula is C69H124N12O13. The Morgan fingerprint density at radius 2 is 0.883 bits per heavy atom. The van der Waals surface area contributed by atoms with E-state index >= 15 is 28.8 Å². The molecule has 2 aliphatic rings. The molecule has 0 aromatic rings. The third-order valence-corrected chi connectivity index (χ3v) is 18.4. The Labute approximate surface area is 563 Å².